The Bertz CT molecular complexity index is 914. The van der Waals surface area contributed by atoms with Gasteiger partial charge >= 0.3 is 0 Å². The van der Waals surface area contributed by atoms with Crippen LogP contribution in [-0.4, -0.2) is 33.5 Å². The van der Waals surface area contributed by atoms with E-state index in [2.05, 4.69) is 31.0 Å². The molecule has 3 rings (SSSR count). The lowest BCUT2D eigenvalue weighted by molar-refractivity contribution is 0.313. The van der Waals surface area contributed by atoms with E-state index in [4.69, 9.17) is 9.47 Å². The standard InChI is InChI=1S/C14H12BrFN4O3/c1-3-23-14-17-12-8(13(21)18-14)6-20(19-12)11-9(15)4-7(22-2)5-10(11)16/h4-6H,3H2,1-2H3,(H,17,18,19,21). The van der Waals surface area contributed by atoms with Crippen LogP contribution in [0.4, 0.5) is 4.39 Å². The first-order valence-corrected chi connectivity index (χ1v) is 7.48. The number of hydrogen-bond donors (Lipinski definition) is 1. The Labute approximate surface area is 138 Å². The van der Waals surface area contributed by atoms with Crippen LogP contribution in [-0.2, 0) is 0 Å². The highest BCUT2D eigenvalue weighted by molar-refractivity contribution is 9.10. The lowest BCUT2D eigenvalue weighted by Crippen LogP contribution is -2.09. The van der Waals surface area contributed by atoms with E-state index in [1.54, 1.807) is 13.0 Å². The van der Waals surface area contributed by atoms with Crippen LogP contribution in [0.5, 0.6) is 11.8 Å². The van der Waals surface area contributed by atoms with E-state index in [0.717, 1.165) is 0 Å². The molecule has 1 N–H and O–H groups in total. The predicted octanol–water partition coefficient (Wildman–Crippen LogP) is 2.42. The molecule has 2 aromatic heterocycles. The van der Waals surface area contributed by atoms with Gasteiger partial charge in [-0.05, 0) is 28.9 Å². The number of aromatic nitrogens is 4. The van der Waals surface area contributed by atoms with Crippen LogP contribution >= 0.6 is 15.9 Å². The molecule has 2 heterocycles. The number of H-pyrrole nitrogens is 1. The number of nitrogens with zero attached hydrogens (tertiary/aromatic N) is 3. The van der Waals surface area contributed by atoms with Crippen LogP contribution in [0.2, 0.25) is 0 Å². The van der Waals surface area contributed by atoms with Gasteiger partial charge in [-0.2, -0.15) is 4.98 Å². The number of hydrogen-bond acceptors (Lipinski definition) is 5. The zero-order valence-electron chi connectivity index (χ0n) is 12.3. The molecule has 0 bridgehead atoms. The first kappa shape index (κ1) is 15.5. The lowest BCUT2D eigenvalue weighted by atomic mass is 10.3. The molecule has 1 aromatic carbocycles. The molecule has 0 fully saturated rings. The monoisotopic (exact) mass is 382 g/mol. The van der Waals surface area contributed by atoms with Crippen molar-refractivity contribution >= 4 is 27.0 Å². The Morgan fingerprint density at radius 2 is 2.22 bits per heavy atom. The number of ether oxygens (including phenoxy) is 2. The van der Waals surface area contributed by atoms with E-state index in [0.29, 0.717) is 16.8 Å². The van der Waals surface area contributed by atoms with Gasteiger partial charge in [0.25, 0.3) is 11.6 Å². The van der Waals surface area contributed by atoms with Crippen LogP contribution in [0.15, 0.2) is 27.6 Å². The zero-order valence-corrected chi connectivity index (χ0v) is 13.8. The Morgan fingerprint density at radius 1 is 1.43 bits per heavy atom. The third kappa shape index (κ3) is 2.79. The minimum Gasteiger partial charge on any atom is -0.497 e. The van der Waals surface area contributed by atoms with Crippen molar-refractivity contribution in [3.8, 4) is 17.4 Å². The second kappa shape index (κ2) is 5.99. The van der Waals surface area contributed by atoms with Gasteiger partial charge in [0, 0.05) is 16.7 Å². The summed E-state index contributed by atoms with van der Waals surface area (Å²) < 4.78 is 26.2. The second-order valence-corrected chi connectivity index (χ2v) is 5.41. The highest BCUT2D eigenvalue weighted by Crippen LogP contribution is 2.29. The van der Waals surface area contributed by atoms with Crippen LogP contribution in [0.25, 0.3) is 16.7 Å². The van der Waals surface area contributed by atoms with Gasteiger partial charge in [-0.3, -0.25) is 9.78 Å². The number of halogens is 2. The summed E-state index contributed by atoms with van der Waals surface area (Å²) in [4.78, 5) is 18.6. The fraction of sp³-hybridized carbons (Fsp3) is 0.214. The minimum absolute atomic E-state index is 0.0736. The van der Waals surface area contributed by atoms with Crippen LogP contribution in [0, 0.1) is 5.82 Å². The summed E-state index contributed by atoms with van der Waals surface area (Å²) in [6.07, 6.45) is 1.41. The molecule has 0 saturated heterocycles. The van der Waals surface area contributed by atoms with Crippen LogP contribution < -0.4 is 15.0 Å². The molecule has 0 spiro atoms. The van der Waals surface area contributed by atoms with Gasteiger partial charge in [0.15, 0.2) is 11.5 Å². The predicted molar refractivity (Wildman–Crippen MR) is 84.9 cm³/mol. The highest BCUT2D eigenvalue weighted by Gasteiger charge is 2.16. The molecule has 7 nitrogen and oxygen atoms in total. The van der Waals surface area contributed by atoms with Gasteiger partial charge in [-0.15, -0.1) is 5.10 Å². The van der Waals surface area contributed by atoms with E-state index in [9.17, 15) is 9.18 Å². The fourth-order valence-corrected chi connectivity index (χ4v) is 2.69. The van der Waals surface area contributed by atoms with E-state index in [1.165, 1.54) is 24.1 Å². The summed E-state index contributed by atoms with van der Waals surface area (Å²) in [6, 6.07) is 2.91. The van der Waals surface area contributed by atoms with Crippen LogP contribution in [0.1, 0.15) is 6.92 Å². The summed E-state index contributed by atoms with van der Waals surface area (Å²) in [5.74, 6) is -0.185. The van der Waals surface area contributed by atoms with Gasteiger partial charge in [0.2, 0.25) is 0 Å². The molecule has 0 aliphatic carbocycles. The molecule has 9 heteroatoms. The first-order chi connectivity index (χ1) is 11.0. The first-order valence-electron chi connectivity index (χ1n) is 6.69. The number of aromatic amines is 1. The third-order valence-corrected chi connectivity index (χ3v) is 3.71. The molecule has 120 valence electrons. The number of benzene rings is 1. The SMILES string of the molecule is CCOc1nc2nn(-c3c(F)cc(OC)cc3Br)cc2c(=O)[nH]1. The van der Waals surface area contributed by atoms with Crippen molar-refractivity contribution in [1.82, 2.24) is 19.7 Å². The molecule has 23 heavy (non-hydrogen) atoms. The summed E-state index contributed by atoms with van der Waals surface area (Å²) in [7, 11) is 1.45. The van der Waals surface area contributed by atoms with Gasteiger partial charge in [0.1, 0.15) is 16.8 Å². The highest BCUT2D eigenvalue weighted by atomic mass is 79.9. The van der Waals surface area contributed by atoms with Gasteiger partial charge < -0.3 is 9.47 Å². The molecule has 3 aromatic rings. The summed E-state index contributed by atoms with van der Waals surface area (Å²) in [6.45, 7) is 2.13. The Kier molecular flexibility index (Phi) is 4.03. The maximum atomic E-state index is 14.3. The quantitative estimate of drug-likeness (QED) is 0.749. The number of fused-ring (bicyclic) bond motifs is 1. The molecule has 0 atom stereocenters. The Balaban J connectivity index is 2.18. The van der Waals surface area contributed by atoms with Crippen molar-refractivity contribution in [2.24, 2.45) is 0 Å². The van der Waals surface area contributed by atoms with E-state index in [1.807, 2.05) is 0 Å². The zero-order chi connectivity index (χ0) is 16.6. The van der Waals surface area contributed by atoms with Gasteiger partial charge in [-0.1, -0.05) is 0 Å². The molecular formula is C14H12BrFN4O3. The fourth-order valence-electron chi connectivity index (χ4n) is 2.09. The topological polar surface area (TPSA) is 82.0 Å². The van der Waals surface area contributed by atoms with E-state index >= 15 is 0 Å². The summed E-state index contributed by atoms with van der Waals surface area (Å²) in [5.41, 5.74) is -0.0878. The maximum Gasteiger partial charge on any atom is 0.298 e. The second-order valence-electron chi connectivity index (χ2n) is 4.55. The Morgan fingerprint density at radius 3 is 2.87 bits per heavy atom. The molecular weight excluding hydrogens is 371 g/mol. The van der Waals surface area contributed by atoms with E-state index < -0.39 is 11.4 Å². The smallest absolute Gasteiger partial charge is 0.298 e. The van der Waals surface area contributed by atoms with Gasteiger partial charge in [-0.25, -0.2) is 9.07 Å². The molecule has 0 unspecified atom stereocenters. The van der Waals surface area contributed by atoms with Crippen molar-refractivity contribution < 1.29 is 13.9 Å². The number of methoxy groups -OCH3 is 1. The minimum atomic E-state index is -0.550. The number of rotatable bonds is 4. The maximum absolute atomic E-state index is 14.3. The lowest BCUT2D eigenvalue weighted by Gasteiger charge is -2.08. The normalized spacial score (nSPS) is 11.0. The van der Waals surface area contributed by atoms with Crippen LogP contribution in [0.3, 0.4) is 0 Å². The molecule has 0 amide bonds. The number of nitrogens with one attached hydrogen (secondary N) is 1. The molecule has 0 aliphatic heterocycles. The average molecular weight is 383 g/mol. The van der Waals surface area contributed by atoms with Crippen molar-refractivity contribution in [1.29, 1.82) is 0 Å². The molecule has 0 aliphatic rings. The molecule has 0 saturated carbocycles. The van der Waals surface area contributed by atoms with Crippen molar-refractivity contribution in [2.45, 2.75) is 6.92 Å². The molecule has 0 radical (unpaired) electrons. The van der Waals surface area contributed by atoms with Crippen molar-refractivity contribution in [3.05, 3.63) is 39.0 Å². The van der Waals surface area contributed by atoms with Gasteiger partial charge in [0.05, 0.1) is 13.7 Å². The summed E-state index contributed by atoms with van der Waals surface area (Å²) in [5, 5.41) is 4.39. The van der Waals surface area contributed by atoms with Crippen molar-refractivity contribution in [3.63, 3.8) is 0 Å². The van der Waals surface area contributed by atoms with E-state index in [-0.39, 0.29) is 22.7 Å². The third-order valence-electron chi connectivity index (χ3n) is 3.10. The summed E-state index contributed by atoms with van der Waals surface area (Å²) >= 11 is 3.28. The average Bonchev–Trinajstić information content (AvgIpc) is 2.90. The largest absolute Gasteiger partial charge is 0.497 e. The Hall–Kier alpha value is -2.42. The van der Waals surface area contributed by atoms with Crippen molar-refractivity contribution in [2.75, 3.05) is 13.7 Å².